The molecule has 1 nitrogen and oxygen atoms in total. The van der Waals surface area contributed by atoms with Crippen LogP contribution >= 0.6 is 0 Å². The van der Waals surface area contributed by atoms with Crippen molar-refractivity contribution in [3.63, 3.8) is 0 Å². The predicted molar refractivity (Wildman–Crippen MR) is 72.2 cm³/mol. The molecule has 0 heterocycles. The van der Waals surface area contributed by atoms with Crippen LogP contribution in [0.15, 0.2) is 24.3 Å². The van der Waals surface area contributed by atoms with Crippen LogP contribution in [0.4, 0.5) is 8.78 Å². The summed E-state index contributed by atoms with van der Waals surface area (Å²) in [4.78, 5) is 0. The fraction of sp³-hybridized carbons (Fsp3) is 0.625. The summed E-state index contributed by atoms with van der Waals surface area (Å²) in [5, 5.41) is 0. The van der Waals surface area contributed by atoms with Crippen molar-refractivity contribution in [3.8, 4) is 0 Å². The van der Waals surface area contributed by atoms with E-state index in [1.807, 2.05) is 12.1 Å². The van der Waals surface area contributed by atoms with Crippen LogP contribution in [0, 0.1) is 5.92 Å². The quantitative estimate of drug-likeness (QED) is 0.872. The molecule has 1 aromatic carbocycles. The molecule has 2 saturated carbocycles. The second-order valence-corrected chi connectivity index (χ2v) is 6.13. The molecule has 0 bridgehead atoms. The van der Waals surface area contributed by atoms with Gasteiger partial charge in [0.15, 0.2) is 0 Å². The number of rotatable bonds is 3. The molecule has 0 radical (unpaired) electrons. The third-order valence-corrected chi connectivity index (χ3v) is 4.63. The molecule has 2 aliphatic rings. The Morgan fingerprint density at radius 2 is 1.47 bits per heavy atom. The lowest BCUT2D eigenvalue weighted by atomic mass is 9.81. The van der Waals surface area contributed by atoms with Gasteiger partial charge in [-0.3, -0.25) is 0 Å². The Balaban J connectivity index is 1.72. The van der Waals surface area contributed by atoms with E-state index in [1.165, 1.54) is 5.56 Å². The van der Waals surface area contributed by atoms with Gasteiger partial charge in [0, 0.05) is 17.5 Å². The van der Waals surface area contributed by atoms with Crippen molar-refractivity contribution in [2.24, 2.45) is 11.7 Å². The van der Waals surface area contributed by atoms with Crippen LogP contribution in [-0.2, 0) is 5.92 Å². The summed E-state index contributed by atoms with van der Waals surface area (Å²) in [6.07, 6.45) is 5.58. The third kappa shape index (κ3) is 2.66. The summed E-state index contributed by atoms with van der Waals surface area (Å²) in [5.74, 6) is -2.55. The molecule has 104 valence electrons. The van der Waals surface area contributed by atoms with Crippen molar-refractivity contribution in [2.45, 2.75) is 56.4 Å². The van der Waals surface area contributed by atoms with Gasteiger partial charge in [-0.1, -0.05) is 24.3 Å². The molecule has 3 rings (SSSR count). The van der Waals surface area contributed by atoms with E-state index in [1.54, 1.807) is 12.1 Å². The second-order valence-electron chi connectivity index (χ2n) is 6.13. The largest absolute Gasteiger partial charge is 0.328 e. The van der Waals surface area contributed by atoms with Crippen molar-refractivity contribution < 1.29 is 8.78 Å². The van der Waals surface area contributed by atoms with Crippen LogP contribution in [0.1, 0.15) is 55.6 Å². The summed E-state index contributed by atoms with van der Waals surface area (Å²) < 4.78 is 27.9. The molecule has 0 unspecified atom stereocenters. The minimum atomic E-state index is -2.63. The molecule has 0 amide bonds. The Kier molecular flexibility index (Phi) is 3.34. The zero-order valence-electron chi connectivity index (χ0n) is 11.1. The molecule has 2 fully saturated rings. The normalized spacial score (nSPS) is 28.4. The van der Waals surface area contributed by atoms with Crippen LogP contribution < -0.4 is 5.73 Å². The van der Waals surface area contributed by atoms with Gasteiger partial charge in [-0.25, -0.2) is 8.78 Å². The molecule has 0 spiro atoms. The predicted octanol–water partition coefficient (Wildman–Crippen LogP) is 4.17. The van der Waals surface area contributed by atoms with Gasteiger partial charge < -0.3 is 5.73 Å². The van der Waals surface area contributed by atoms with Crippen molar-refractivity contribution in [3.05, 3.63) is 35.4 Å². The Hall–Kier alpha value is -0.960. The average molecular weight is 265 g/mol. The maximum absolute atomic E-state index is 13.9. The van der Waals surface area contributed by atoms with Gasteiger partial charge in [0.25, 0.3) is 5.92 Å². The highest BCUT2D eigenvalue weighted by atomic mass is 19.3. The maximum atomic E-state index is 13.9. The molecule has 2 aliphatic carbocycles. The van der Waals surface area contributed by atoms with Crippen molar-refractivity contribution in [1.29, 1.82) is 0 Å². The van der Waals surface area contributed by atoms with E-state index in [0.717, 1.165) is 25.7 Å². The van der Waals surface area contributed by atoms with Crippen LogP contribution in [-0.4, -0.2) is 6.04 Å². The topological polar surface area (TPSA) is 26.0 Å². The fourth-order valence-electron chi connectivity index (χ4n) is 3.11. The summed E-state index contributed by atoms with van der Waals surface area (Å²) in [6, 6.07) is 7.37. The number of benzene rings is 1. The van der Waals surface area contributed by atoms with E-state index in [-0.39, 0.29) is 5.56 Å². The molecule has 0 atom stereocenters. The first-order chi connectivity index (χ1) is 9.07. The lowest BCUT2D eigenvalue weighted by Gasteiger charge is -2.26. The highest BCUT2D eigenvalue weighted by Gasteiger charge is 2.47. The Morgan fingerprint density at radius 3 is 2.00 bits per heavy atom. The van der Waals surface area contributed by atoms with Crippen molar-refractivity contribution >= 4 is 0 Å². The highest BCUT2D eigenvalue weighted by Crippen LogP contribution is 2.49. The first kappa shape index (κ1) is 13.0. The molecule has 3 heteroatoms. The number of halogens is 2. The smallest absolute Gasteiger partial charge is 0.276 e. The number of hydrogen-bond donors (Lipinski definition) is 1. The van der Waals surface area contributed by atoms with Gasteiger partial charge in [-0.15, -0.1) is 0 Å². The molecule has 1 aromatic rings. The second kappa shape index (κ2) is 4.86. The SMILES string of the molecule is NC1CCC(c2ccc(C(F)(F)C3CC3)cc2)CC1. The molecular formula is C16H21F2N. The third-order valence-electron chi connectivity index (χ3n) is 4.63. The molecular weight excluding hydrogens is 244 g/mol. The molecule has 0 saturated heterocycles. The number of alkyl halides is 2. The van der Waals surface area contributed by atoms with E-state index < -0.39 is 11.8 Å². The summed E-state index contributed by atoms with van der Waals surface area (Å²) in [7, 11) is 0. The fourth-order valence-corrected chi connectivity index (χ4v) is 3.11. The van der Waals surface area contributed by atoms with E-state index in [2.05, 4.69) is 0 Å². The summed E-state index contributed by atoms with van der Waals surface area (Å²) in [5.41, 5.74) is 7.28. The maximum Gasteiger partial charge on any atom is 0.276 e. The van der Waals surface area contributed by atoms with Crippen molar-refractivity contribution in [1.82, 2.24) is 0 Å². The Morgan fingerprint density at radius 1 is 0.895 bits per heavy atom. The molecule has 0 aliphatic heterocycles. The average Bonchev–Trinajstić information content (AvgIpc) is 3.24. The zero-order valence-corrected chi connectivity index (χ0v) is 11.1. The highest BCUT2D eigenvalue weighted by molar-refractivity contribution is 5.29. The minimum Gasteiger partial charge on any atom is -0.328 e. The first-order valence-corrected chi connectivity index (χ1v) is 7.31. The Labute approximate surface area is 113 Å². The Bertz CT molecular complexity index is 429. The van der Waals surface area contributed by atoms with Gasteiger partial charge in [-0.05, 0) is 50.0 Å². The monoisotopic (exact) mass is 265 g/mol. The van der Waals surface area contributed by atoms with E-state index in [0.29, 0.717) is 24.8 Å². The minimum absolute atomic E-state index is 0.186. The van der Waals surface area contributed by atoms with Gasteiger partial charge in [0.05, 0.1) is 0 Å². The van der Waals surface area contributed by atoms with Crippen molar-refractivity contribution in [2.75, 3.05) is 0 Å². The van der Waals surface area contributed by atoms with Crippen LogP contribution in [0.5, 0.6) is 0 Å². The summed E-state index contributed by atoms with van der Waals surface area (Å²) >= 11 is 0. The van der Waals surface area contributed by atoms with Gasteiger partial charge in [0.1, 0.15) is 0 Å². The van der Waals surface area contributed by atoms with Crippen LogP contribution in [0.2, 0.25) is 0 Å². The van der Waals surface area contributed by atoms with E-state index in [4.69, 9.17) is 5.73 Å². The number of hydrogen-bond acceptors (Lipinski definition) is 1. The van der Waals surface area contributed by atoms with Gasteiger partial charge in [0.2, 0.25) is 0 Å². The zero-order chi connectivity index (χ0) is 13.5. The van der Waals surface area contributed by atoms with Crippen LogP contribution in [0.3, 0.4) is 0 Å². The first-order valence-electron chi connectivity index (χ1n) is 7.31. The lowest BCUT2D eigenvalue weighted by Crippen LogP contribution is -2.25. The standard InChI is InChI=1S/C16H21F2N/c17-16(18,14-7-8-14)13-5-1-11(2-6-13)12-3-9-15(19)10-4-12/h1-2,5-6,12,14-15H,3-4,7-10,19H2. The van der Waals surface area contributed by atoms with Gasteiger partial charge >= 0.3 is 0 Å². The van der Waals surface area contributed by atoms with E-state index in [9.17, 15) is 8.78 Å². The molecule has 0 aromatic heterocycles. The molecule has 2 N–H and O–H groups in total. The van der Waals surface area contributed by atoms with Gasteiger partial charge in [-0.2, -0.15) is 0 Å². The van der Waals surface area contributed by atoms with Crippen LogP contribution in [0.25, 0.3) is 0 Å². The molecule has 19 heavy (non-hydrogen) atoms. The summed E-state index contributed by atoms with van der Waals surface area (Å²) in [6.45, 7) is 0. The number of nitrogens with two attached hydrogens (primary N) is 1. The lowest BCUT2D eigenvalue weighted by molar-refractivity contribution is -0.0285. The van der Waals surface area contributed by atoms with E-state index >= 15 is 0 Å².